The fraction of sp³-hybridized carbons (Fsp3) is 0.933. The molecule has 0 aliphatic carbocycles. The van der Waals surface area contributed by atoms with Gasteiger partial charge < -0.3 is 9.80 Å². The monoisotopic (exact) mass is 269 g/mol. The quantitative estimate of drug-likeness (QED) is 0.731. The van der Waals surface area contributed by atoms with Gasteiger partial charge in [0.25, 0.3) is 0 Å². The standard InChI is InChI=1S/C15H31N3O/c1-6-9-13-15(19)18(14(16-13)12(4)5)11-10-17(7-2)8-3/h12-14,16H,6-11H2,1-5H3. The molecule has 4 heteroatoms. The first-order valence-corrected chi connectivity index (χ1v) is 7.83. The van der Waals surface area contributed by atoms with E-state index in [0.717, 1.165) is 39.0 Å². The van der Waals surface area contributed by atoms with Crippen molar-refractivity contribution < 1.29 is 4.79 Å². The Balaban J connectivity index is 2.63. The molecule has 1 N–H and O–H groups in total. The molecular weight excluding hydrogens is 238 g/mol. The summed E-state index contributed by atoms with van der Waals surface area (Å²) in [7, 11) is 0. The molecular formula is C15H31N3O. The fourth-order valence-electron chi connectivity index (χ4n) is 2.79. The van der Waals surface area contributed by atoms with Gasteiger partial charge in [0.15, 0.2) is 0 Å². The highest BCUT2D eigenvalue weighted by molar-refractivity contribution is 5.84. The minimum atomic E-state index is 0.0362. The minimum absolute atomic E-state index is 0.0362. The molecule has 1 saturated heterocycles. The summed E-state index contributed by atoms with van der Waals surface area (Å²) in [5.41, 5.74) is 0. The van der Waals surface area contributed by atoms with Crippen LogP contribution in [0.5, 0.6) is 0 Å². The zero-order valence-electron chi connectivity index (χ0n) is 13.3. The topological polar surface area (TPSA) is 35.6 Å². The lowest BCUT2D eigenvalue weighted by atomic mass is 10.1. The molecule has 1 heterocycles. The van der Waals surface area contributed by atoms with Crippen LogP contribution in [0, 0.1) is 5.92 Å². The van der Waals surface area contributed by atoms with Gasteiger partial charge in [-0.2, -0.15) is 0 Å². The van der Waals surface area contributed by atoms with Crippen LogP contribution >= 0.6 is 0 Å². The van der Waals surface area contributed by atoms with Gasteiger partial charge in [-0.15, -0.1) is 0 Å². The van der Waals surface area contributed by atoms with E-state index in [4.69, 9.17) is 0 Å². The van der Waals surface area contributed by atoms with E-state index in [-0.39, 0.29) is 12.2 Å². The van der Waals surface area contributed by atoms with E-state index in [9.17, 15) is 4.79 Å². The number of rotatable bonds is 8. The molecule has 1 rings (SSSR count). The van der Waals surface area contributed by atoms with E-state index in [1.54, 1.807) is 0 Å². The number of hydrogen-bond acceptors (Lipinski definition) is 3. The van der Waals surface area contributed by atoms with Crippen LogP contribution in [0.4, 0.5) is 0 Å². The Kier molecular flexibility index (Phi) is 6.80. The summed E-state index contributed by atoms with van der Waals surface area (Å²) in [6.07, 6.45) is 2.21. The van der Waals surface area contributed by atoms with Crippen LogP contribution < -0.4 is 5.32 Å². The first kappa shape index (κ1) is 16.4. The molecule has 0 aromatic carbocycles. The van der Waals surface area contributed by atoms with Crippen molar-refractivity contribution in [3.63, 3.8) is 0 Å². The van der Waals surface area contributed by atoms with E-state index >= 15 is 0 Å². The summed E-state index contributed by atoms with van der Waals surface area (Å²) >= 11 is 0. The molecule has 1 amide bonds. The number of nitrogens with zero attached hydrogens (tertiary/aromatic N) is 2. The van der Waals surface area contributed by atoms with E-state index in [1.165, 1.54) is 0 Å². The smallest absolute Gasteiger partial charge is 0.241 e. The van der Waals surface area contributed by atoms with Crippen LogP contribution in [-0.2, 0) is 4.79 Å². The number of carbonyl (C=O) groups excluding carboxylic acids is 1. The van der Waals surface area contributed by atoms with Crippen molar-refractivity contribution in [2.24, 2.45) is 5.92 Å². The molecule has 19 heavy (non-hydrogen) atoms. The summed E-state index contributed by atoms with van der Waals surface area (Å²) in [6.45, 7) is 14.8. The number of carbonyl (C=O) groups is 1. The highest BCUT2D eigenvalue weighted by atomic mass is 16.2. The van der Waals surface area contributed by atoms with Crippen LogP contribution in [0.3, 0.4) is 0 Å². The van der Waals surface area contributed by atoms with Crippen LogP contribution in [0.1, 0.15) is 47.5 Å². The zero-order chi connectivity index (χ0) is 14.4. The summed E-state index contributed by atoms with van der Waals surface area (Å²) in [5, 5.41) is 3.51. The molecule has 4 nitrogen and oxygen atoms in total. The van der Waals surface area contributed by atoms with Crippen LogP contribution in [-0.4, -0.2) is 54.1 Å². The van der Waals surface area contributed by atoms with Crippen molar-refractivity contribution in [1.29, 1.82) is 0 Å². The van der Waals surface area contributed by atoms with Crippen molar-refractivity contribution in [3.8, 4) is 0 Å². The first-order chi connectivity index (χ1) is 9.04. The molecule has 0 spiro atoms. The van der Waals surface area contributed by atoms with Gasteiger partial charge in [0, 0.05) is 13.1 Å². The van der Waals surface area contributed by atoms with Crippen LogP contribution in [0.25, 0.3) is 0 Å². The van der Waals surface area contributed by atoms with Crippen LogP contribution in [0.15, 0.2) is 0 Å². The van der Waals surface area contributed by atoms with Crippen molar-refractivity contribution >= 4 is 5.91 Å². The van der Waals surface area contributed by atoms with Gasteiger partial charge in [0.05, 0.1) is 12.2 Å². The molecule has 0 aromatic heterocycles. The van der Waals surface area contributed by atoms with Gasteiger partial charge in [0.1, 0.15) is 0 Å². The molecule has 1 fully saturated rings. The third-order valence-electron chi connectivity index (χ3n) is 4.05. The Morgan fingerprint density at radius 2 is 1.89 bits per heavy atom. The van der Waals surface area contributed by atoms with E-state index < -0.39 is 0 Å². The van der Waals surface area contributed by atoms with Crippen LogP contribution in [0.2, 0.25) is 0 Å². The lowest BCUT2D eigenvalue weighted by Crippen LogP contribution is -2.45. The Morgan fingerprint density at radius 1 is 1.26 bits per heavy atom. The molecule has 0 bridgehead atoms. The molecule has 2 unspecified atom stereocenters. The van der Waals surface area contributed by atoms with Crippen molar-refractivity contribution in [3.05, 3.63) is 0 Å². The van der Waals surface area contributed by atoms with Gasteiger partial charge in [-0.3, -0.25) is 10.1 Å². The maximum atomic E-state index is 12.4. The minimum Gasteiger partial charge on any atom is -0.324 e. The number of nitrogens with one attached hydrogen (secondary N) is 1. The Hall–Kier alpha value is -0.610. The summed E-state index contributed by atoms with van der Waals surface area (Å²) < 4.78 is 0. The lowest BCUT2D eigenvalue weighted by molar-refractivity contribution is -0.130. The summed E-state index contributed by atoms with van der Waals surface area (Å²) in [6, 6.07) is 0.0362. The Bertz CT molecular complexity index is 277. The second-order valence-electron chi connectivity index (χ2n) is 5.76. The Morgan fingerprint density at radius 3 is 2.37 bits per heavy atom. The van der Waals surface area contributed by atoms with Crippen molar-refractivity contribution in [1.82, 2.24) is 15.1 Å². The first-order valence-electron chi connectivity index (χ1n) is 7.83. The van der Waals surface area contributed by atoms with Gasteiger partial charge >= 0.3 is 0 Å². The van der Waals surface area contributed by atoms with Gasteiger partial charge in [-0.1, -0.05) is 41.0 Å². The summed E-state index contributed by atoms with van der Waals surface area (Å²) in [5.74, 6) is 0.759. The molecule has 2 atom stereocenters. The average Bonchev–Trinajstić information content (AvgIpc) is 2.69. The third-order valence-corrected chi connectivity index (χ3v) is 4.05. The van der Waals surface area contributed by atoms with Crippen molar-refractivity contribution in [2.45, 2.75) is 59.7 Å². The predicted octanol–water partition coefficient (Wildman–Crippen LogP) is 1.91. The molecule has 112 valence electrons. The van der Waals surface area contributed by atoms with Gasteiger partial charge in [-0.05, 0) is 25.4 Å². The molecule has 0 radical (unpaired) electrons. The third kappa shape index (κ3) is 4.18. The molecule has 0 aromatic rings. The number of hydrogen-bond donors (Lipinski definition) is 1. The van der Waals surface area contributed by atoms with Crippen molar-refractivity contribution in [2.75, 3.05) is 26.2 Å². The number of likely N-dealkylation sites (N-methyl/N-ethyl adjacent to an activating group) is 1. The maximum absolute atomic E-state index is 12.4. The van der Waals surface area contributed by atoms with E-state index in [2.05, 4.69) is 49.7 Å². The highest BCUT2D eigenvalue weighted by Gasteiger charge is 2.39. The van der Waals surface area contributed by atoms with Gasteiger partial charge in [0.2, 0.25) is 5.91 Å². The predicted molar refractivity (Wildman–Crippen MR) is 80.0 cm³/mol. The van der Waals surface area contributed by atoms with Gasteiger partial charge in [-0.25, -0.2) is 0 Å². The number of amides is 1. The zero-order valence-corrected chi connectivity index (χ0v) is 13.3. The van der Waals surface area contributed by atoms with E-state index in [1.807, 2.05) is 0 Å². The SMILES string of the molecule is CCCC1NC(C(C)C)N(CCN(CC)CC)C1=O. The molecule has 1 aliphatic rings. The second kappa shape index (κ2) is 7.85. The largest absolute Gasteiger partial charge is 0.324 e. The molecule has 1 aliphatic heterocycles. The average molecular weight is 269 g/mol. The lowest BCUT2D eigenvalue weighted by Gasteiger charge is -2.29. The summed E-state index contributed by atoms with van der Waals surface area (Å²) in [4.78, 5) is 16.9. The highest BCUT2D eigenvalue weighted by Crippen LogP contribution is 2.19. The normalized spacial score (nSPS) is 23.9. The fourth-order valence-corrected chi connectivity index (χ4v) is 2.79. The second-order valence-corrected chi connectivity index (χ2v) is 5.76. The van der Waals surface area contributed by atoms with E-state index in [0.29, 0.717) is 11.8 Å². The molecule has 0 saturated carbocycles. The Labute approximate surface area is 118 Å². The maximum Gasteiger partial charge on any atom is 0.241 e.